The number of hydrogen-bond donors (Lipinski definition) is 0. The van der Waals surface area contributed by atoms with Gasteiger partial charge in [0.15, 0.2) is 0 Å². The second-order valence-electron chi connectivity index (χ2n) is 4.71. The Bertz CT molecular complexity index is 438. The van der Waals surface area contributed by atoms with E-state index in [1.807, 2.05) is 25.1 Å². The van der Waals surface area contributed by atoms with Gasteiger partial charge in [-0.25, -0.2) is 4.99 Å². The summed E-state index contributed by atoms with van der Waals surface area (Å²) in [4.78, 5) is 4.64. The molecule has 0 aliphatic carbocycles. The summed E-state index contributed by atoms with van der Waals surface area (Å²) < 4.78 is 11.1. The SMILES string of the molecule is COc1cccc(C)c1C1=NC(C(C)C)CO1. The third-order valence-corrected chi connectivity index (χ3v) is 3.11. The Morgan fingerprint density at radius 3 is 2.76 bits per heavy atom. The summed E-state index contributed by atoms with van der Waals surface area (Å²) in [5, 5.41) is 0. The maximum absolute atomic E-state index is 5.71. The Morgan fingerprint density at radius 1 is 1.41 bits per heavy atom. The van der Waals surface area contributed by atoms with Crippen molar-refractivity contribution in [2.75, 3.05) is 13.7 Å². The lowest BCUT2D eigenvalue weighted by Crippen LogP contribution is -2.13. The Hall–Kier alpha value is -1.51. The van der Waals surface area contributed by atoms with Gasteiger partial charge in [-0.3, -0.25) is 0 Å². The van der Waals surface area contributed by atoms with Crippen molar-refractivity contribution in [2.45, 2.75) is 26.8 Å². The average Bonchev–Trinajstić information content (AvgIpc) is 2.77. The fourth-order valence-corrected chi connectivity index (χ4v) is 1.95. The Balaban J connectivity index is 2.38. The van der Waals surface area contributed by atoms with Crippen LogP contribution in [0.5, 0.6) is 5.75 Å². The van der Waals surface area contributed by atoms with E-state index in [4.69, 9.17) is 9.47 Å². The first-order valence-electron chi connectivity index (χ1n) is 5.98. The molecule has 1 aliphatic heterocycles. The van der Waals surface area contributed by atoms with E-state index in [1.54, 1.807) is 7.11 Å². The highest BCUT2D eigenvalue weighted by molar-refractivity contribution is 5.99. The Morgan fingerprint density at radius 2 is 2.18 bits per heavy atom. The molecular formula is C14H19NO2. The fraction of sp³-hybridized carbons (Fsp3) is 0.500. The molecule has 0 spiro atoms. The van der Waals surface area contributed by atoms with Crippen LogP contribution < -0.4 is 4.74 Å². The number of hydrogen-bond acceptors (Lipinski definition) is 3. The number of methoxy groups -OCH3 is 1. The number of aryl methyl sites for hydroxylation is 1. The van der Waals surface area contributed by atoms with E-state index in [0.29, 0.717) is 12.5 Å². The average molecular weight is 233 g/mol. The first-order valence-corrected chi connectivity index (χ1v) is 5.98. The third kappa shape index (κ3) is 2.28. The summed E-state index contributed by atoms with van der Waals surface area (Å²) in [6.07, 6.45) is 0. The minimum absolute atomic E-state index is 0.259. The highest BCUT2D eigenvalue weighted by atomic mass is 16.5. The highest BCUT2D eigenvalue weighted by Crippen LogP contribution is 2.26. The molecule has 0 N–H and O–H groups in total. The van der Waals surface area contributed by atoms with Crippen LogP contribution in [0.3, 0.4) is 0 Å². The molecule has 0 saturated carbocycles. The van der Waals surface area contributed by atoms with Crippen LogP contribution in [0.4, 0.5) is 0 Å². The van der Waals surface area contributed by atoms with Gasteiger partial charge in [-0.1, -0.05) is 26.0 Å². The number of ether oxygens (including phenoxy) is 2. The second-order valence-corrected chi connectivity index (χ2v) is 4.71. The van der Waals surface area contributed by atoms with Crippen LogP contribution in [0.15, 0.2) is 23.2 Å². The van der Waals surface area contributed by atoms with Gasteiger partial charge in [0, 0.05) is 0 Å². The van der Waals surface area contributed by atoms with E-state index in [9.17, 15) is 0 Å². The first kappa shape index (κ1) is 12.0. The van der Waals surface area contributed by atoms with Gasteiger partial charge in [0.05, 0.1) is 18.7 Å². The van der Waals surface area contributed by atoms with Gasteiger partial charge < -0.3 is 9.47 Å². The molecule has 1 unspecified atom stereocenters. The standard InChI is InChI=1S/C14H19NO2/c1-9(2)11-8-17-14(15-11)13-10(3)6-5-7-12(13)16-4/h5-7,9,11H,8H2,1-4H3. The topological polar surface area (TPSA) is 30.8 Å². The molecule has 17 heavy (non-hydrogen) atoms. The molecule has 2 rings (SSSR count). The lowest BCUT2D eigenvalue weighted by Gasteiger charge is -2.10. The van der Waals surface area contributed by atoms with Crippen LogP contribution in [0.2, 0.25) is 0 Å². The van der Waals surface area contributed by atoms with E-state index >= 15 is 0 Å². The van der Waals surface area contributed by atoms with E-state index in [-0.39, 0.29) is 6.04 Å². The zero-order chi connectivity index (χ0) is 12.4. The second kappa shape index (κ2) is 4.78. The number of nitrogens with zero attached hydrogens (tertiary/aromatic N) is 1. The molecule has 1 heterocycles. The van der Waals surface area contributed by atoms with Crippen molar-refractivity contribution in [1.82, 2.24) is 0 Å². The van der Waals surface area contributed by atoms with Crippen molar-refractivity contribution in [3.8, 4) is 5.75 Å². The molecular weight excluding hydrogens is 214 g/mol. The van der Waals surface area contributed by atoms with Crippen LogP contribution in [0.1, 0.15) is 25.0 Å². The first-order chi connectivity index (χ1) is 8.13. The summed E-state index contributed by atoms with van der Waals surface area (Å²) in [5.41, 5.74) is 2.12. The summed E-state index contributed by atoms with van der Waals surface area (Å²) in [5.74, 6) is 2.05. The van der Waals surface area contributed by atoms with E-state index < -0.39 is 0 Å². The molecule has 0 saturated heterocycles. The van der Waals surface area contributed by atoms with Gasteiger partial charge >= 0.3 is 0 Å². The van der Waals surface area contributed by atoms with E-state index in [0.717, 1.165) is 22.8 Å². The van der Waals surface area contributed by atoms with Crippen LogP contribution in [0, 0.1) is 12.8 Å². The summed E-state index contributed by atoms with van der Waals surface area (Å²) in [6.45, 7) is 7.04. The zero-order valence-electron chi connectivity index (χ0n) is 10.9. The molecule has 0 radical (unpaired) electrons. The molecule has 0 amide bonds. The predicted octanol–water partition coefficient (Wildman–Crippen LogP) is 2.81. The van der Waals surface area contributed by atoms with Crippen molar-refractivity contribution in [2.24, 2.45) is 10.9 Å². The lowest BCUT2D eigenvalue weighted by atomic mass is 10.1. The molecule has 3 heteroatoms. The zero-order valence-corrected chi connectivity index (χ0v) is 10.9. The summed E-state index contributed by atoms with van der Waals surface area (Å²) in [7, 11) is 1.67. The van der Waals surface area contributed by atoms with Gasteiger partial charge in [-0.2, -0.15) is 0 Å². The minimum atomic E-state index is 0.259. The normalized spacial score (nSPS) is 19.1. The predicted molar refractivity (Wildman–Crippen MR) is 68.8 cm³/mol. The van der Waals surface area contributed by atoms with Gasteiger partial charge in [0.2, 0.25) is 5.90 Å². The van der Waals surface area contributed by atoms with Crippen molar-refractivity contribution >= 4 is 5.90 Å². The molecule has 0 fully saturated rings. The monoisotopic (exact) mass is 233 g/mol. The van der Waals surface area contributed by atoms with Crippen LogP contribution >= 0.6 is 0 Å². The smallest absolute Gasteiger partial charge is 0.220 e. The van der Waals surface area contributed by atoms with Gasteiger partial charge in [-0.05, 0) is 24.5 Å². The molecule has 1 aliphatic rings. The van der Waals surface area contributed by atoms with Gasteiger partial charge in [0.1, 0.15) is 12.4 Å². The number of benzene rings is 1. The third-order valence-electron chi connectivity index (χ3n) is 3.11. The molecule has 92 valence electrons. The van der Waals surface area contributed by atoms with Gasteiger partial charge in [0.25, 0.3) is 0 Å². The van der Waals surface area contributed by atoms with E-state index in [2.05, 4.69) is 18.8 Å². The maximum atomic E-state index is 5.71. The molecule has 0 aromatic heterocycles. The van der Waals surface area contributed by atoms with Crippen molar-refractivity contribution < 1.29 is 9.47 Å². The number of aliphatic imine (C=N–C) groups is 1. The molecule has 1 aromatic carbocycles. The van der Waals surface area contributed by atoms with Crippen LogP contribution in [-0.2, 0) is 4.74 Å². The Labute approximate surface area is 102 Å². The molecule has 0 bridgehead atoms. The van der Waals surface area contributed by atoms with Gasteiger partial charge in [-0.15, -0.1) is 0 Å². The van der Waals surface area contributed by atoms with Crippen molar-refractivity contribution in [3.05, 3.63) is 29.3 Å². The van der Waals surface area contributed by atoms with Crippen molar-refractivity contribution in [3.63, 3.8) is 0 Å². The largest absolute Gasteiger partial charge is 0.496 e. The highest BCUT2D eigenvalue weighted by Gasteiger charge is 2.25. The van der Waals surface area contributed by atoms with Crippen LogP contribution in [-0.4, -0.2) is 25.7 Å². The molecule has 3 nitrogen and oxygen atoms in total. The fourth-order valence-electron chi connectivity index (χ4n) is 1.95. The number of rotatable bonds is 3. The quantitative estimate of drug-likeness (QED) is 0.803. The van der Waals surface area contributed by atoms with Crippen LogP contribution in [0.25, 0.3) is 0 Å². The maximum Gasteiger partial charge on any atom is 0.220 e. The lowest BCUT2D eigenvalue weighted by molar-refractivity contribution is 0.290. The van der Waals surface area contributed by atoms with E-state index in [1.165, 1.54) is 0 Å². The Kier molecular flexibility index (Phi) is 3.36. The summed E-state index contributed by atoms with van der Waals surface area (Å²) >= 11 is 0. The van der Waals surface area contributed by atoms with Crippen molar-refractivity contribution in [1.29, 1.82) is 0 Å². The molecule has 1 aromatic rings. The minimum Gasteiger partial charge on any atom is -0.496 e. The summed E-state index contributed by atoms with van der Waals surface area (Å²) in [6, 6.07) is 6.23. The molecule has 1 atom stereocenters.